The molecule has 1 rings (SSSR count). The minimum atomic E-state index is -0.130. The van der Waals surface area contributed by atoms with Gasteiger partial charge in [-0.1, -0.05) is 106 Å². The van der Waals surface area contributed by atoms with Crippen LogP contribution in [-0.2, 0) is 9.53 Å². The van der Waals surface area contributed by atoms with Crippen molar-refractivity contribution in [2.75, 3.05) is 6.61 Å². The first-order valence-corrected chi connectivity index (χ1v) is 12.3. The summed E-state index contributed by atoms with van der Waals surface area (Å²) >= 11 is 0. The minimum absolute atomic E-state index is 0.130. The summed E-state index contributed by atoms with van der Waals surface area (Å²) in [5.74, 6) is -0.130. The Bertz CT molecular complexity index is 698. The lowest BCUT2D eigenvalue weighted by molar-refractivity contribution is -0.142. The molecule has 0 aromatic rings. The van der Waals surface area contributed by atoms with E-state index in [4.69, 9.17) is 4.74 Å². The molecule has 0 saturated carbocycles. The fourth-order valence-corrected chi connectivity index (χ4v) is 4.07. The van der Waals surface area contributed by atoms with Crippen LogP contribution in [0.3, 0.4) is 0 Å². The topological polar surface area (TPSA) is 26.3 Å². The Kier molecular flexibility index (Phi) is 13.2. The largest absolute Gasteiger partial charge is 0.465 e. The van der Waals surface area contributed by atoms with Gasteiger partial charge in [-0.25, -0.2) is 0 Å². The summed E-state index contributed by atoms with van der Waals surface area (Å²) in [7, 11) is 0. The minimum Gasteiger partial charge on any atom is -0.465 e. The highest BCUT2D eigenvalue weighted by molar-refractivity contribution is 5.71. The van der Waals surface area contributed by atoms with Crippen LogP contribution in [0.1, 0.15) is 106 Å². The zero-order valence-electron chi connectivity index (χ0n) is 21.1. The van der Waals surface area contributed by atoms with Crippen molar-refractivity contribution < 1.29 is 9.53 Å². The Morgan fingerprint density at radius 1 is 1.03 bits per heavy atom. The molecule has 0 aliphatic heterocycles. The van der Waals surface area contributed by atoms with Crippen molar-refractivity contribution in [3.8, 4) is 0 Å². The fourth-order valence-electron chi connectivity index (χ4n) is 4.07. The molecule has 0 radical (unpaired) electrons. The summed E-state index contributed by atoms with van der Waals surface area (Å²) in [6.45, 7) is 13.9. The molecule has 0 atom stereocenters. The third kappa shape index (κ3) is 12.0. The van der Waals surface area contributed by atoms with Crippen molar-refractivity contribution in [2.24, 2.45) is 5.41 Å². The molecule has 0 fully saturated rings. The number of rotatable bonds is 13. The van der Waals surface area contributed by atoms with Crippen LogP contribution in [0.15, 0.2) is 58.7 Å². The number of ether oxygens (including phenoxy) is 1. The predicted octanol–water partition coefficient (Wildman–Crippen LogP) is 8.81. The van der Waals surface area contributed by atoms with Gasteiger partial charge in [-0.3, -0.25) is 4.79 Å². The Morgan fingerprint density at radius 2 is 1.74 bits per heavy atom. The van der Waals surface area contributed by atoms with E-state index in [9.17, 15) is 4.79 Å². The number of allylic oxidation sites excluding steroid dienone is 9. The maximum Gasteiger partial charge on any atom is 0.309 e. The summed E-state index contributed by atoms with van der Waals surface area (Å²) in [4.78, 5) is 11.9. The van der Waals surface area contributed by atoms with Crippen LogP contribution in [0.2, 0.25) is 0 Å². The first-order chi connectivity index (χ1) is 14.8. The van der Waals surface area contributed by atoms with Crippen molar-refractivity contribution in [2.45, 2.75) is 106 Å². The predicted molar refractivity (Wildman–Crippen MR) is 135 cm³/mol. The Hall–Kier alpha value is -1.83. The van der Waals surface area contributed by atoms with Crippen LogP contribution >= 0.6 is 0 Å². The highest BCUT2D eigenvalue weighted by atomic mass is 16.5. The monoisotopic (exact) mass is 426 g/mol. The highest BCUT2D eigenvalue weighted by Gasteiger charge is 2.26. The summed E-state index contributed by atoms with van der Waals surface area (Å²) in [6, 6.07) is 0. The lowest BCUT2D eigenvalue weighted by atomic mass is 9.72. The zero-order valence-corrected chi connectivity index (χ0v) is 21.1. The molecule has 0 heterocycles. The highest BCUT2D eigenvalue weighted by Crippen LogP contribution is 2.40. The molecule has 1 aliphatic rings. The maximum atomic E-state index is 11.9. The first kappa shape index (κ1) is 27.2. The molecule has 31 heavy (non-hydrogen) atoms. The van der Waals surface area contributed by atoms with E-state index in [1.54, 1.807) is 0 Å². The van der Waals surface area contributed by atoms with Crippen molar-refractivity contribution in [1.82, 2.24) is 0 Å². The molecule has 1 aliphatic carbocycles. The van der Waals surface area contributed by atoms with E-state index in [1.165, 1.54) is 61.7 Å². The quantitative estimate of drug-likeness (QED) is 0.167. The van der Waals surface area contributed by atoms with Gasteiger partial charge < -0.3 is 4.74 Å². The number of unbranched alkanes of at least 4 members (excludes halogenated alkanes) is 5. The first-order valence-electron chi connectivity index (χ1n) is 12.3. The van der Waals surface area contributed by atoms with Crippen LogP contribution in [0, 0.1) is 5.41 Å². The molecular weight excluding hydrogens is 380 g/mol. The molecule has 0 N–H and O–H groups in total. The molecular formula is C29H46O2. The van der Waals surface area contributed by atoms with E-state index in [-0.39, 0.29) is 11.4 Å². The van der Waals surface area contributed by atoms with Gasteiger partial charge in [0.15, 0.2) is 0 Å². The van der Waals surface area contributed by atoms with Crippen LogP contribution in [0.4, 0.5) is 0 Å². The summed E-state index contributed by atoms with van der Waals surface area (Å²) in [6.07, 6.45) is 24.0. The summed E-state index contributed by atoms with van der Waals surface area (Å²) in [5, 5.41) is 0. The molecule has 174 valence electrons. The Labute approximate surface area is 192 Å². The second-order valence-corrected chi connectivity index (χ2v) is 9.68. The van der Waals surface area contributed by atoms with Gasteiger partial charge in [-0.15, -0.1) is 0 Å². The van der Waals surface area contributed by atoms with Crippen LogP contribution in [0.25, 0.3) is 0 Å². The van der Waals surface area contributed by atoms with Crippen molar-refractivity contribution in [3.05, 3.63) is 58.7 Å². The Morgan fingerprint density at radius 3 is 2.45 bits per heavy atom. The molecule has 0 amide bonds. The second kappa shape index (κ2) is 15.1. The van der Waals surface area contributed by atoms with Crippen molar-refractivity contribution >= 4 is 5.97 Å². The van der Waals surface area contributed by atoms with E-state index < -0.39 is 0 Å². The lowest BCUT2D eigenvalue weighted by Gasteiger charge is -2.32. The van der Waals surface area contributed by atoms with Crippen LogP contribution in [0.5, 0.6) is 0 Å². The third-order valence-electron chi connectivity index (χ3n) is 6.13. The number of carbonyl (C=O) groups is 1. The average Bonchev–Trinajstić information content (AvgIpc) is 2.70. The molecule has 0 unspecified atom stereocenters. The SMILES string of the molecule is CCCCCCCCOC(=O)C/C=C(C)/C=C/C=C(C)/C=C/C1=C(C)CCCC1(C)C. The molecule has 0 bridgehead atoms. The van der Waals surface area contributed by atoms with E-state index in [2.05, 4.69) is 58.9 Å². The van der Waals surface area contributed by atoms with E-state index in [0.29, 0.717) is 13.0 Å². The molecule has 0 spiro atoms. The van der Waals surface area contributed by atoms with E-state index in [1.807, 2.05) is 19.1 Å². The van der Waals surface area contributed by atoms with E-state index in [0.717, 1.165) is 18.4 Å². The molecule has 0 aromatic carbocycles. The van der Waals surface area contributed by atoms with Crippen molar-refractivity contribution in [3.63, 3.8) is 0 Å². The van der Waals surface area contributed by atoms with E-state index >= 15 is 0 Å². The van der Waals surface area contributed by atoms with Gasteiger partial charge in [-0.05, 0) is 57.4 Å². The van der Waals surface area contributed by atoms with Gasteiger partial charge in [0.25, 0.3) is 0 Å². The number of hydrogen-bond donors (Lipinski definition) is 0. The lowest BCUT2D eigenvalue weighted by Crippen LogP contribution is -2.19. The van der Waals surface area contributed by atoms with Gasteiger partial charge in [0.1, 0.15) is 0 Å². The second-order valence-electron chi connectivity index (χ2n) is 9.68. The fraction of sp³-hybridized carbons (Fsp3) is 0.621. The molecule has 2 heteroatoms. The summed E-state index contributed by atoms with van der Waals surface area (Å²) in [5.41, 5.74) is 5.60. The number of carbonyl (C=O) groups excluding carboxylic acids is 1. The average molecular weight is 427 g/mol. The Balaban J connectivity index is 2.39. The zero-order chi connectivity index (χ0) is 23.1. The van der Waals surface area contributed by atoms with Crippen molar-refractivity contribution in [1.29, 1.82) is 0 Å². The van der Waals surface area contributed by atoms with Crippen LogP contribution < -0.4 is 0 Å². The molecule has 2 nitrogen and oxygen atoms in total. The number of hydrogen-bond acceptors (Lipinski definition) is 2. The van der Waals surface area contributed by atoms with Gasteiger partial charge in [0.05, 0.1) is 13.0 Å². The van der Waals surface area contributed by atoms with Gasteiger partial charge in [0.2, 0.25) is 0 Å². The standard InChI is InChI=1S/C29H46O2/c1-7-8-9-10-11-12-23-31-28(30)21-19-25(3)16-13-15-24(2)18-20-27-26(4)17-14-22-29(27,5)6/h13,15-16,18-20H,7-12,14,17,21-23H2,1-6H3/b16-13+,20-18+,24-15+,25-19+. The third-order valence-corrected chi connectivity index (χ3v) is 6.13. The van der Waals surface area contributed by atoms with Gasteiger partial charge in [-0.2, -0.15) is 0 Å². The normalized spacial score (nSPS) is 17.7. The molecule has 0 saturated heterocycles. The summed E-state index contributed by atoms with van der Waals surface area (Å²) < 4.78 is 5.32. The maximum absolute atomic E-state index is 11.9. The number of esters is 1. The van der Waals surface area contributed by atoms with Crippen LogP contribution in [-0.4, -0.2) is 12.6 Å². The smallest absolute Gasteiger partial charge is 0.309 e. The van der Waals surface area contributed by atoms with Gasteiger partial charge in [0, 0.05) is 0 Å². The molecule has 0 aromatic heterocycles. The van der Waals surface area contributed by atoms with Gasteiger partial charge >= 0.3 is 5.97 Å².